The van der Waals surface area contributed by atoms with Crippen molar-refractivity contribution < 1.29 is 9.15 Å². The van der Waals surface area contributed by atoms with Gasteiger partial charge in [0.05, 0.1) is 0 Å². The highest BCUT2D eigenvalue weighted by Crippen LogP contribution is 2.20. The molecule has 0 amide bonds. The lowest BCUT2D eigenvalue weighted by molar-refractivity contribution is 0.0698. The van der Waals surface area contributed by atoms with E-state index in [1.807, 2.05) is 30.3 Å². The van der Waals surface area contributed by atoms with E-state index in [2.05, 4.69) is 15.5 Å². The van der Waals surface area contributed by atoms with Crippen molar-refractivity contribution in [3.05, 3.63) is 41.8 Å². The number of hydrogen-bond donors (Lipinski definition) is 2. The molecule has 2 heterocycles. The maximum absolute atomic E-state index is 6.13. The van der Waals surface area contributed by atoms with Gasteiger partial charge in [-0.15, -0.1) is 17.5 Å². The zero-order chi connectivity index (χ0) is 14.5. The molecule has 1 aliphatic heterocycles. The van der Waals surface area contributed by atoms with E-state index in [4.69, 9.17) is 14.9 Å². The number of halogens is 1. The topological polar surface area (TPSA) is 86.2 Å². The number of nitrogens with zero attached hydrogens (tertiary/aromatic N) is 2. The van der Waals surface area contributed by atoms with E-state index in [-0.39, 0.29) is 12.4 Å². The van der Waals surface area contributed by atoms with Crippen molar-refractivity contribution in [1.82, 2.24) is 10.2 Å². The molecule has 0 saturated carbocycles. The summed E-state index contributed by atoms with van der Waals surface area (Å²) in [5.41, 5.74) is 7.08. The van der Waals surface area contributed by atoms with Crippen molar-refractivity contribution >= 4 is 18.4 Å². The number of benzene rings is 1. The minimum absolute atomic E-state index is 0. The first kappa shape index (κ1) is 16.7. The Morgan fingerprint density at radius 3 is 2.64 bits per heavy atom. The van der Waals surface area contributed by atoms with Crippen molar-refractivity contribution in [1.29, 1.82) is 0 Å². The maximum atomic E-state index is 6.13. The van der Waals surface area contributed by atoms with Crippen molar-refractivity contribution in [3.8, 4) is 0 Å². The molecule has 1 atom stereocenters. The van der Waals surface area contributed by atoms with Crippen LogP contribution in [-0.2, 0) is 4.74 Å². The lowest BCUT2D eigenvalue weighted by Crippen LogP contribution is -2.22. The predicted octanol–water partition coefficient (Wildman–Crippen LogP) is 2.38. The van der Waals surface area contributed by atoms with E-state index in [0.29, 0.717) is 17.8 Å². The van der Waals surface area contributed by atoms with Gasteiger partial charge in [-0.3, -0.25) is 0 Å². The lowest BCUT2D eigenvalue weighted by atomic mass is 10.0. The van der Waals surface area contributed by atoms with Gasteiger partial charge in [0, 0.05) is 19.8 Å². The Kier molecular flexibility index (Phi) is 6.18. The number of nitrogens with one attached hydrogen (secondary N) is 1. The second-order valence-corrected chi connectivity index (χ2v) is 5.27. The highest BCUT2D eigenvalue weighted by molar-refractivity contribution is 5.85. The quantitative estimate of drug-likeness (QED) is 0.878. The molecule has 0 aliphatic carbocycles. The van der Waals surface area contributed by atoms with Crippen LogP contribution in [-0.4, -0.2) is 30.0 Å². The highest BCUT2D eigenvalue weighted by Gasteiger charge is 2.18. The number of aromatic nitrogens is 2. The number of rotatable bonds is 5. The molecule has 3 rings (SSSR count). The fraction of sp³-hybridized carbons (Fsp3) is 0.467. The van der Waals surface area contributed by atoms with Gasteiger partial charge in [-0.2, -0.15) is 0 Å². The van der Waals surface area contributed by atoms with Crippen LogP contribution in [0.2, 0.25) is 0 Å². The molecule has 1 aromatic heterocycles. The van der Waals surface area contributed by atoms with E-state index < -0.39 is 6.04 Å². The van der Waals surface area contributed by atoms with Crippen LogP contribution in [0.3, 0.4) is 0 Å². The van der Waals surface area contributed by atoms with Crippen LogP contribution in [0.4, 0.5) is 6.01 Å². The van der Waals surface area contributed by atoms with Gasteiger partial charge in [0.15, 0.2) is 0 Å². The van der Waals surface area contributed by atoms with Gasteiger partial charge in [-0.1, -0.05) is 35.4 Å². The summed E-state index contributed by atoms with van der Waals surface area (Å²) in [6.45, 7) is 2.49. The maximum Gasteiger partial charge on any atom is 0.315 e. The first-order chi connectivity index (χ1) is 10.3. The van der Waals surface area contributed by atoms with Crippen LogP contribution in [0.25, 0.3) is 0 Å². The van der Waals surface area contributed by atoms with E-state index in [9.17, 15) is 0 Å². The summed E-state index contributed by atoms with van der Waals surface area (Å²) < 4.78 is 10.9. The Hall–Kier alpha value is -1.63. The lowest BCUT2D eigenvalue weighted by Gasteiger charge is -2.21. The van der Waals surface area contributed by atoms with Crippen LogP contribution in [0.1, 0.15) is 30.3 Å². The molecule has 1 aromatic carbocycles. The normalized spacial score (nSPS) is 16.8. The van der Waals surface area contributed by atoms with E-state index >= 15 is 0 Å². The third-order valence-electron chi connectivity index (χ3n) is 3.75. The molecule has 0 spiro atoms. The monoisotopic (exact) mass is 324 g/mol. The Balaban J connectivity index is 0.00000176. The van der Waals surface area contributed by atoms with Crippen molar-refractivity contribution in [2.75, 3.05) is 25.1 Å². The Morgan fingerprint density at radius 2 is 1.91 bits per heavy atom. The van der Waals surface area contributed by atoms with Crippen molar-refractivity contribution in [2.24, 2.45) is 11.7 Å². The molecule has 3 N–H and O–H groups in total. The molecule has 1 saturated heterocycles. The third-order valence-corrected chi connectivity index (χ3v) is 3.75. The molecule has 22 heavy (non-hydrogen) atoms. The second-order valence-electron chi connectivity index (χ2n) is 5.27. The Bertz CT molecular complexity index is 558. The average molecular weight is 325 g/mol. The molecule has 7 heteroatoms. The van der Waals surface area contributed by atoms with E-state index in [0.717, 1.165) is 38.2 Å². The van der Waals surface area contributed by atoms with Gasteiger partial charge in [0.2, 0.25) is 5.89 Å². The van der Waals surface area contributed by atoms with Gasteiger partial charge < -0.3 is 20.2 Å². The van der Waals surface area contributed by atoms with E-state index in [1.165, 1.54) is 0 Å². The standard InChI is InChI=1S/C15H20N4O2.ClH/c16-13(12-4-2-1-3-5-12)14-18-19-15(21-14)17-10-11-6-8-20-9-7-11;/h1-5,11,13H,6-10,16H2,(H,17,19);1H/t13-;/m1./s1. The molecular weight excluding hydrogens is 304 g/mol. The summed E-state index contributed by atoms with van der Waals surface area (Å²) in [6.07, 6.45) is 2.13. The van der Waals surface area contributed by atoms with Crippen LogP contribution in [0.15, 0.2) is 34.7 Å². The van der Waals surface area contributed by atoms with Gasteiger partial charge in [-0.05, 0) is 24.3 Å². The van der Waals surface area contributed by atoms with Crippen LogP contribution < -0.4 is 11.1 Å². The summed E-state index contributed by atoms with van der Waals surface area (Å²) >= 11 is 0. The fourth-order valence-electron chi connectivity index (χ4n) is 2.42. The minimum atomic E-state index is -0.391. The molecular formula is C15H21ClN4O2. The SMILES string of the molecule is Cl.N[C@H](c1ccccc1)c1nnc(NCC2CCOCC2)o1. The smallest absolute Gasteiger partial charge is 0.315 e. The van der Waals surface area contributed by atoms with Crippen molar-refractivity contribution in [3.63, 3.8) is 0 Å². The molecule has 1 aliphatic rings. The molecule has 0 bridgehead atoms. The van der Waals surface area contributed by atoms with Gasteiger partial charge in [-0.25, -0.2) is 0 Å². The average Bonchev–Trinajstić information content (AvgIpc) is 3.03. The Morgan fingerprint density at radius 1 is 1.18 bits per heavy atom. The predicted molar refractivity (Wildman–Crippen MR) is 86.1 cm³/mol. The summed E-state index contributed by atoms with van der Waals surface area (Å²) in [4.78, 5) is 0. The van der Waals surface area contributed by atoms with Crippen LogP contribution >= 0.6 is 12.4 Å². The van der Waals surface area contributed by atoms with Gasteiger partial charge in [0.25, 0.3) is 0 Å². The number of ether oxygens (including phenoxy) is 1. The van der Waals surface area contributed by atoms with Crippen LogP contribution in [0.5, 0.6) is 0 Å². The van der Waals surface area contributed by atoms with Gasteiger partial charge >= 0.3 is 6.01 Å². The third kappa shape index (κ3) is 4.19. The summed E-state index contributed by atoms with van der Waals surface area (Å²) in [6, 6.07) is 9.77. The summed E-state index contributed by atoms with van der Waals surface area (Å²) in [7, 11) is 0. The van der Waals surface area contributed by atoms with Crippen molar-refractivity contribution in [2.45, 2.75) is 18.9 Å². The summed E-state index contributed by atoms with van der Waals surface area (Å²) in [5.74, 6) is 1.02. The highest BCUT2D eigenvalue weighted by atomic mass is 35.5. The summed E-state index contributed by atoms with van der Waals surface area (Å²) in [5, 5.41) is 11.2. The number of anilines is 1. The first-order valence-electron chi connectivity index (χ1n) is 7.28. The first-order valence-corrected chi connectivity index (χ1v) is 7.28. The molecule has 1 fully saturated rings. The molecule has 0 radical (unpaired) electrons. The number of nitrogens with two attached hydrogens (primary N) is 1. The molecule has 2 aromatic rings. The zero-order valence-corrected chi connectivity index (χ0v) is 13.1. The molecule has 120 valence electrons. The molecule has 6 nitrogen and oxygen atoms in total. The van der Waals surface area contributed by atoms with E-state index in [1.54, 1.807) is 0 Å². The minimum Gasteiger partial charge on any atom is -0.406 e. The fourth-order valence-corrected chi connectivity index (χ4v) is 2.42. The second kappa shape index (κ2) is 8.12. The number of hydrogen-bond acceptors (Lipinski definition) is 6. The largest absolute Gasteiger partial charge is 0.406 e. The van der Waals surface area contributed by atoms with Crippen LogP contribution in [0, 0.1) is 5.92 Å². The Labute approximate surface area is 135 Å². The molecule has 0 unspecified atom stereocenters. The zero-order valence-electron chi connectivity index (χ0n) is 12.3. The van der Waals surface area contributed by atoms with Gasteiger partial charge in [0.1, 0.15) is 6.04 Å².